The maximum atomic E-state index is 12.0. The smallest absolute Gasteiger partial charge is 0.342 e. The van der Waals surface area contributed by atoms with Gasteiger partial charge in [0.05, 0.1) is 25.0 Å². The predicted molar refractivity (Wildman–Crippen MR) is 85.3 cm³/mol. The summed E-state index contributed by atoms with van der Waals surface area (Å²) in [5.41, 5.74) is -2.59. The van der Waals surface area contributed by atoms with Crippen molar-refractivity contribution >= 4 is 17.6 Å². The van der Waals surface area contributed by atoms with Crippen molar-refractivity contribution in [1.29, 1.82) is 0 Å². The van der Waals surface area contributed by atoms with Gasteiger partial charge < -0.3 is 35.2 Å². The molecule has 0 aliphatic carbocycles. The number of aliphatic hydroxyl groups excluding tert-OH is 3. The van der Waals surface area contributed by atoms with Gasteiger partial charge in [-0.2, -0.15) is 5.01 Å². The van der Waals surface area contributed by atoms with Gasteiger partial charge in [-0.25, -0.2) is 4.79 Å². The number of hydrogen-bond acceptors (Lipinski definition) is 9. The maximum absolute atomic E-state index is 12.0. The molecule has 0 aromatic rings. The monoisotopic (exact) mass is 385 g/mol. The zero-order chi connectivity index (χ0) is 19.2. The highest BCUT2D eigenvalue weighted by atomic mass is 35.5. The Morgan fingerprint density at radius 2 is 2.12 bits per heavy atom. The number of rotatable bonds is 8. The summed E-state index contributed by atoms with van der Waals surface area (Å²) >= 11 is 5.43. The van der Waals surface area contributed by atoms with E-state index < -0.39 is 43.0 Å². The molecule has 5 N–H and O–H groups in total. The van der Waals surface area contributed by atoms with Gasteiger partial charge in [-0.05, 0) is 5.92 Å². The van der Waals surface area contributed by atoms with Gasteiger partial charge >= 0.3 is 6.03 Å². The number of carbonyl (C=O) groups excluding carboxylic acids is 1. The fourth-order valence-corrected chi connectivity index (χ4v) is 2.36. The zero-order valence-corrected chi connectivity index (χ0v) is 14.7. The highest BCUT2D eigenvalue weighted by molar-refractivity contribution is 6.18. The molecule has 25 heavy (non-hydrogen) atoms. The minimum atomic E-state index is -2.59. The number of urea groups is 1. The standard InChI is InChI=1S/C13H24ClN3O8/c1-7(2)6-24-11-9(19)10(20)13(22,8(5-18)25-11)15-12(21)17(16-23)4-3-14/h7-11,18-20,22H,3-6H2,1-2H3,(H,15,21)/t8-,9-,10-,11+,13+/m1/s1. The van der Waals surface area contributed by atoms with Crippen LogP contribution in [0.1, 0.15) is 13.8 Å². The topological polar surface area (TPSA) is 161 Å². The Balaban J connectivity index is 2.93. The SMILES string of the molecule is CC(C)CO[C@H]1O[C@H](CO)[C@@](O)(NC(=O)N(CCCl)N=O)[C@H](O)[C@H]1O. The van der Waals surface area contributed by atoms with E-state index in [-0.39, 0.29) is 24.9 Å². The Hall–Kier alpha value is -1.08. The molecule has 0 saturated carbocycles. The van der Waals surface area contributed by atoms with Gasteiger partial charge in [0, 0.05) is 5.88 Å². The van der Waals surface area contributed by atoms with E-state index in [1.807, 2.05) is 19.2 Å². The number of amides is 2. The molecule has 1 heterocycles. The van der Waals surface area contributed by atoms with Gasteiger partial charge in [-0.3, -0.25) is 0 Å². The van der Waals surface area contributed by atoms with E-state index in [1.165, 1.54) is 0 Å². The lowest BCUT2D eigenvalue weighted by Crippen LogP contribution is -2.74. The van der Waals surface area contributed by atoms with Crippen LogP contribution in [-0.4, -0.2) is 87.4 Å². The van der Waals surface area contributed by atoms with Crippen LogP contribution >= 0.6 is 11.6 Å². The fourth-order valence-electron chi connectivity index (χ4n) is 2.20. The van der Waals surface area contributed by atoms with E-state index in [1.54, 1.807) is 0 Å². The molecule has 0 bridgehead atoms. The number of hydrogen-bond donors (Lipinski definition) is 5. The highest BCUT2D eigenvalue weighted by Crippen LogP contribution is 2.29. The van der Waals surface area contributed by atoms with Crippen LogP contribution in [0.15, 0.2) is 5.29 Å². The summed E-state index contributed by atoms with van der Waals surface area (Å²) in [5, 5.41) is 45.1. The number of ether oxygens (including phenoxy) is 2. The first-order chi connectivity index (χ1) is 11.7. The fraction of sp³-hybridized carbons (Fsp3) is 0.923. The number of alkyl halides is 1. The zero-order valence-electron chi connectivity index (χ0n) is 13.9. The van der Waals surface area contributed by atoms with Gasteiger partial charge in [-0.15, -0.1) is 16.5 Å². The molecule has 11 nitrogen and oxygen atoms in total. The minimum absolute atomic E-state index is 0.101. The first-order valence-electron chi connectivity index (χ1n) is 7.66. The highest BCUT2D eigenvalue weighted by Gasteiger charge is 2.56. The molecule has 2 amide bonds. The first kappa shape index (κ1) is 22.0. The number of nitrogens with zero attached hydrogens (tertiary/aromatic N) is 2. The molecule has 0 aromatic heterocycles. The van der Waals surface area contributed by atoms with Gasteiger partial charge in [0.1, 0.15) is 18.3 Å². The molecule has 1 saturated heterocycles. The van der Waals surface area contributed by atoms with Crippen LogP contribution < -0.4 is 5.32 Å². The summed E-state index contributed by atoms with van der Waals surface area (Å²) < 4.78 is 10.6. The van der Waals surface area contributed by atoms with E-state index >= 15 is 0 Å². The van der Waals surface area contributed by atoms with Crippen molar-refractivity contribution in [2.75, 3.05) is 25.6 Å². The molecule has 146 valence electrons. The number of carbonyl (C=O) groups is 1. The van der Waals surface area contributed by atoms with Gasteiger partial charge in [0.2, 0.25) is 0 Å². The lowest BCUT2D eigenvalue weighted by molar-refractivity contribution is -0.337. The van der Waals surface area contributed by atoms with Gasteiger partial charge in [-0.1, -0.05) is 13.8 Å². The summed E-state index contributed by atoms with van der Waals surface area (Å²) in [5.74, 6) is -0.00261. The summed E-state index contributed by atoms with van der Waals surface area (Å²) in [7, 11) is 0. The molecule has 12 heteroatoms. The van der Waals surface area contributed by atoms with E-state index in [0.717, 1.165) is 0 Å². The van der Waals surface area contributed by atoms with Crippen LogP contribution in [0.2, 0.25) is 0 Å². The number of nitroso groups, excluding NO2 is 1. The average molecular weight is 386 g/mol. The molecule has 0 unspecified atom stereocenters. The van der Waals surface area contributed by atoms with Crippen molar-refractivity contribution in [1.82, 2.24) is 10.3 Å². The number of aliphatic hydroxyl groups is 4. The predicted octanol–water partition coefficient (Wildman–Crippen LogP) is -1.28. The summed E-state index contributed by atoms with van der Waals surface area (Å²) in [6.07, 6.45) is -6.55. The van der Waals surface area contributed by atoms with Crippen molar-refractivity contribution in [2.45, 2.75) is 44.2 Å². The molecule has 1 fully saturated rings. The second-order valence-electron chi connectivity index (χ2n) is 5.99. The lowest BCUT2D eigenvalue weighted by atomic mass is 9.92. The van der Waals surface area contributed by atoms with Crippen molar-refractivity contribution in [3.8, 4) is 0 Å². The normalized spacial score (nSPS) is 32.5. The summed E-state index contributed by atoms with van der Waals surface area (Å²) in [6.45, 7) is 2.83. The molecule has 0 radical (unpaired) electrons. The van der Waals surface area contributed by atoms with E-state index in [0.29, 0.717) is 5.01 Å². The Labute approximate surface area is 149 Å². The molecular formula is C13H24ClN3O8. The minimum Gasteiger partial charge on any atom is -0.393 e. The van der Waals surface area contributed by atoms with Gasteiger partial charge in [0.15, 0.2) is 12.0 Å². The van der Waals surface area contributed by atoms with Crippen molar-refractivity contribution < 1.29 is 34.7 Å². The molecule has 1 aliphatic heterocycles. The molecule has 5 atom stereocenters. The molecule has 1 aliphatic rings. The summed E-state index contributed by atoms with van der Waals surface area (Å²) in [4.78, 5) is 22.6. The molecule has 0 spiro atoms. The third kappa shape index (κ3) is 5.20. The van der Waals surface area contributed by atoms with Crippen molar-refractivity contribution in [3.63, 3.8) is 0 Å². The molecule has 0 aromatic carbocycles. The largest absolute Gasteiger partial charge is 0.393 e. The second-order valence-corrected chi connectivity index (χ2v) is 6.37. The van der Waals surface area contributed by atoms with Crippen LogP contribution in [0.4, 0.5) is 4.79 Å². The Morgan fingerprint density at radius 1 is 1.48 bits per heavy atom. The Morgan fingerprint density at radius 3 is 2.60 bits per heavy atom. The second kappa shape index (κ2) is 9.57. The van der Waals surface area contributed by atoms with Gasteiger partial charge in [0.25, 0.3) is 0 Å². The van der Waals surface area contributed by atoms with Crippen LogP contribution in [0.3, 0.4) is 0 Å². The van der Waals surface area contributed by atoms with Crippen molar-refractivity contribution in [3.05, 3.63) is 4.91 Å². The lowest BCUT2D eigenvalue weighted by Gasteiger charge is -2.47. The van der Waals surface area contributed by atoms with E-state index in [4.69, 9.17) is 21.1 Å². The maximum Gasteiger partial charge on any atom is 0.342 e. The third-order valence-corrected chi connectivity index (χ3v) is 3.71. The van der Waals surface area contributed by atoms with Crippen molar-refractivity contribution in [2.24, 2.45) is 11.2 Å². The Kier molecular flexibility index (Phi) is 8.41. The quantitative estimate of drug-likeness (QED) is 0.149. The molecular weight excluding hydrogens is 362 g/mol. The van der Waals surface area contributed by atoms with Crippen LogP contribution in [-0.2, 0) is 9.47 Å². The van der Waals surface area contributed by atoms with E-state index in [2.05, 4.69) is 5.29 Å². The van der Waals surface area contributed by atoms with Crippen LogP contribution in [0.25, 0.3) is 0 Å². The van der Waals surface area contributed by atoms with Crippen LogP contribution in [0, 0.1) is 10.8 Å². The number of nitrogens with one attached hydrogen (secondary N) is 1. The first-order valence-corrected chi connectivity index (χ1v) is 8.20. The molecule has 1 rings (SSSR count). The van der Waals surface area contributed by atoms with E-state index in [9.17, 15) is 30.1 Å². The third-order valence-electron chi connectivity index (χ3n) is 3.54. The average Bonchev–Trinajstić information content (AvgIpc) is 2.56. The number of halogens is 1. The summed E-state index contributed by atoms with van der Waals surface area (Å²) in [6, 6.07) is -1.19. The van der Waals surface area contributed by atoms with Crippen LogP contribution in [0.5, 0.6) is 0 Å². The Bertz CT molecular complexity index is 453.